The largest absolute Gasteiger partial charge is 0.295 e. The lowest BCUT2D eigenvalue weighted by Gasteiger charge is -2.42. The molecule has 0 saturated carbocycles. The smallest absolute Gasteiger partial charge is 0.157 e. The number of hydrogen-bond acceptors (Lipinski definition) is 3. The zero-order valence-electron chi connectivity index (χ0n) is 11.1. The molecule has 2 bridgehead atoms. The zero-order chi connectivity index (χ0) is 13.3. The highest BCUT2D eigenvalue weighted by molar-refractivity contribution is 7.19. The molecule has 0 spiro atoms. The van der Waals surface area contributed by atoms with Crippen LogP contribution in [-0.4, -0.2) is 23.3 Å². The van der Waals surface area contributed by atoms with E-state index in [1.54, 1.807) is 0 Å². The van der Waals surface area contributed by atoms with Crippen LogP contribution in [-0.2, 0) is 16.8 Å². The summed E-state index contributed by atoms with van der Waals surface area (Å²) in [6, 6.07) is 9.14. The second-order valence-electron chi connectivity index (χ2n) is 6.19. The predicted octanol–water partition coefficient (Wildman–Crippen LogP) is 3.26. The monoisotopic (exact) mass is 281 g/mol. The van der Waals surface area contributed by atoms with Gasteiger partial charge in [-0.2, -0.15) is 0 Å². The summed E-state index contributed by atoms with van der Waals surface area (Å²) >= 11 is 1.95. The van der Waals surface area contributed by atoms with Crippen molar-refractivity contribution in [3.8, 4) is 0 Å². The molecule has 3 heterocycles. The van der Waals surface area contributed by atoms with Crippen molar-refractivity contribution in [2.45, 2.75) is 30.8 Å². The summed E-state index contributed by atoms with van der Waals surface area (Å²) in [5, 5.41) is 1.42. The number of nitrogens with zero attached hydrogens (tertiary/aromatic N) is 1. The topological polar surface area (TPSA) is 20.3 Å². The first-order chi connectivity index (χ1) is 9.78. The van der Waals surface area contributed by atoms with Gasteiger partial charge in [0.1, 0.15) is 0 Å². The van der Waals surface area contributed by atoms with Gasteiger partial charge in [-0.05, 0) is 29.5 Å². The van der Waals surface area contributed by atoms with Gasteiger partial charge in [-0.25, -0.2) is 0 Å². The number of carbonyl (C=O) groups is 1. The van der Waals surface area contributed by atoms with Gasteiger partial charge in [0.2, 0.25) is 0 Å². The lowest BCUT2D eigenvalue weighted by molar-refractivity contribution is -0.116. The number of thiophene rings is 1. The Balaban J connectivity index is 1.84. The van der Waals surface area contributed by atoms with Crippen molar-refractivity contribution < 1.29 is 4.79 Å². The number of allylic oxidation sites excluding steroid dienone is 1. The minimum Gasteiger partial charge on any atom is -0.295 e. The maximum absolute atomic E-state index is 11.8. The molecule has 3 aliphatic rings. The number of fused-ring (bicyclic) bond motifs is 3. The van der Waals surface area contributed by atoms with E-state index in [-0.39, 0.29) is 5.41 Å². The molecule has 3 unspecified atom stereocenters. The summed E-state index contributed by atoms with van der Waals surface area (Å²) in [4.78, 5) is 15.9. The first-order valence-electron chi connectivity index (χ1n) is 7.25. The molecule has 5 rings (SSSR count). The van der Waals surface area contributed by atoms with E-state index >= 15 is 0 Å². The quantitative estimate of drug-likeness (QED) is 0.739. The van der Waals surface area contributed by atoms with Gasteiger partial charge in [0.15, 0.2) is 5.78 Å². The second-order valence-corrected chi connectivity index (χ2v) is 7.24. The van der Waals surface area contributed by atoms with Crippen LogP contribution in [0.25, 0.3) is 10.1 Å². The van der Waals surface area contributed by atoms with Crippen LogP contribution in [0.3, 0.4) is 0 Å². The summed E-state index contributed by atoms with van der Waals surface area (Å²) in [6.45, 7) is 2.14. The Kier molecular flexibility index (Phi) is 2.02. The van der Waals surface area contributed by atoms with E-state index < -0.39 is 0 Å². The molecule has 100 valence electrons. The predicted molar refractivity (Wildman–Crippen MR) is 81.1 cm³/mol. The fourth-order valence-corrected chi connectivity index (χ4v) is 5.81. The molecular formula is C17H15NOS. The van der Waals surface area contributed by atoms with Crippen molar-refractivity contribution in [2.75, 3.05) is 6.54 Å². The zero-order valence-corrected chi connectivity index (χ0v) is 12.0. The third-order valence-corrected chi connectivity index (χ3v) is 6.70. The molecule has 3 atom stereocenters. The van der Waals surface area contributed by atoms with Crippen LogP contribution in [0.1, 0.15) is 23.3 Å². The molecule has 2 nitrogen and oxygen atoms in total. The van der Waals surface area contributed by atoms with Crippen molar-refractivity contribution in [1.82, 2.24) is 4.90 Å². The van der Waals surface area contributed by atoms with Gasteiger partial charge in [0, 0.05) is 40.5 Å². The molecule has 0 amide bonds. The molecule has 1 aromatic carbocycles. The molecule has 0 N–H and O–H groups in total. The average Bonchev–Trinajstić information content (AvgIpc) is 2.97. The van der Waals surface area contributed by atoms with Gasteiger partial charge in [0.25, 0.3) is 0 Å². The Hall–Kier alpha value is -1.45. The minimum absolute atomic E-state index is 0.116. The fourth-order valence-electron chi connectivity index (χ4n) is 4.35. The number of benzene rings is 1. The van der Waals surface area contributed by atoms with E-state index in [9.17, 15) is 4.79 Å². The van der Waals surface area contributed by atoms with E-state index in [0.29, 0.717) is 18.2 Å². The summed E-state index contributed by atoms with van der Waals surface area (Å²) in [5.41, 5.74) is 1.63. The molecule has 1 saturated heterocycles. The SMILES string of the molecule is O=C1C=CC23CCN(Cc4c2sc2ccccc42)C3C1. The van der Waals surface area contributed by atoms with Crippen LogP contribution in [0, 0.1) is 0 Å². The first kappa shape index (κ1) is 11.2. The van der Waals surface area contributed by atoms with Crippen LogP contribution < -0.4 is 0 Å². The molecule has 1 fully saturated rings. The maximum atomic E-state index is 11.8. The van der Waals surface area contributed by atoms with Crippen LogP contribution in [0.4, 0.5) is 0 Å². The van der Waals surface area contributed by atoms with Crippen LogP contribution in [0.15, 0.2) is 36.4 Å². The van der Waals surface area contributed by atoms with E-state index in [4.69, 9.17) is 0 Å². The van der Waals surface area contributed by atoms with Crippen molar-refractivity contribution in [2.24, 2.45) is 0 Å². The fraction of sp³-hybridized carbons (Fsp3) is 0.353. The van der Waals surface area contributed by atoms with Gasteiger partial charge in [-0.1, -0.05) is 24.3 Å². The van der Waals surface area contributed by atoms with Gasteiger partial charge >= 0.3 is 0 Å². The van der Waals surface area contributed by atoms with Crippen LogP contribution in [0.5, 0.6) is 0 Å². The van der Waals surface area contributed by atoms with Crippen molar-refractivity contribution in [3.63, 3.8) is 0 Å². The van der Waals surface area contributed by atoms with E-state index in [0.717, 1.165) is 13.1 Å². The van der Waals surface area contributed by atoms with Gasteiger partial charge in [-0.15, -0.1) is 11.3 Å². The van der Waals surface area contributed by atoms with Crippen molar-refractivity contribution in [3.05, 3.63) is 46.9 Å². The molecule has 2 aromatic rings. The van der Waals surface area contributed by atoms with Crippen molar-refractivity contribution in [1.29, 1.82) is 0 Å². The van der Waals surface area contributed by atoms with Crippen LogP contribution >= 0.6 is 11.3 Å². The Morgan fingerprint density at radius 1 is 1.30 bits per heavy atom. The molecule has 0 radical (unpaired) electrons. The molecule has 1 aliphatic carbocycles. The van der Waals surface area contributed by atoms with E-state index in [1.165, 1.54) is 26.9 Å². The molecule has 1 aromatic heterocycles. The third kappa shape index (κ3) is 1.21. The third-order valence-electron chi connectivity index (χ3n) is 5.29. The minimum atomic E-state index is 0.116. The van der Waals surface area contributed by atoms with Crippen molar-refractivity contribution >= 4 is 27.2 Å². The standard InChI is InChI=1S/C17H15NOS/c19-11-5-6-17-7-8-18(15(17)9-11)10-13-12-3-1-2-4-14(12)20-16(13)17/h1-6,15H,7-10H2. The van der Waals surface area contributed by atoms with Crippen LogP contribution in [0.2, 0.25) is 0 Å². The number of ketones is 1. The Morgan fingerprint density at radius 2 is 2.20 bits per heavy atom. The Labute approximate surface area is 121 Å². The van der Waals surface area contributed by atoms with Gasteiger partial charge in [0.05, 0.1) is 0 Å². The molecule has 20 heavy (non-hydrogen) atoms. The Bertz CT molecular complexity index is 774. The number of carbonyl (C=O) groups excluding carboxylic acids is 1. The lowest BCUT2D eigenvalue weighted by atomic mass is 9.70. The van der Waals surface area contributed by atoms with E-state index in [2.05, 4.69) is 35.2 Å². The summed E-state index contributed by atoms with van der Waals surface area (Å²) in [6.07, 6.45) is 5.92. The normalized spacial score (nSPS) is 34.3. The highest BCUT2D eigenvalue weighted by atomic mass is 32.1. The summed E-state index contributed by atoms with van der Waals surface area (Å²) < 4.78 is 1.39. The van der Waals surface area contributed by atoms with Gasteiger partial charge in [-0.3, -0.25) is 9.69 Å². The summed E-state index contributed by atoms with van der Waals surface area (Å²) in [7, 11) is 0. The Morgan fingerprint density at radius 3 is 3.15 bits per heavy atom. The second kappa shape index (κ2) is 3.60. The van der Waals surface area contributed by atoms with E-state index in [1.807, 2.05) is 17.4 Å². The average molecular weight is 281 g/mol. The number of hydrogen-bond donors (Lipinski definition) is 0. The number of rotatable bonds is 0. The summed E-state index contributed by atoms with van der Waals surface area (Å²) in [5.74, 6) is 0.294. The molecular weight excluding hydrogens is 266 g/mol. The first-order valence-corrected chi connectivity index (χ1v) is 8.07. The van der Waals surface area contributed by atoms with Gasteiger partial charge < -0.3 is 0 Å². The highest BCUT2D eigenvalue weighted by Crippen LogP contribution is 2.54. The lowest BCUT2D eigenvalue weighted by Crippen LogP contribution is -2.47. The molecule has 3 heteroatoms. The maximum Gasteiger partial charge on any atom is 0.157 e. The molecule has 2 aliphatic heterocycles. The highest BCUT2D eigenvalue weighted by Gasteiger charge is 2.54.